The summed E-state index contributed by atoms with van der Waals surface area (Å²) >= 11 is 5.32. The van der Waals surface area contributed by atoms with Gasteiger partial charge in [0, 0.05) is 35.6 Å². The number of rotatable bonds is 6. The number of hydrazine groups is 1. The molecule has 0 aliphatic heterocycles. The smallest absolute Gasteiger partial charge is 0.271 e. The molecule has 0 spiro atoms. The molecular formula is C25H25FN6O2S. The second kappa shape index (κ2) is 10.1. The zero-order valence-corrected chi connectivity index (χ0v) is 20.4. The maximum atomic E-state index is 13.3. The van der Waals surface area contributed by atoms with Gasteiger partial charge < -0.3 is 4.57 Å². The van der Waals surface area contributed by atoms with E-state index in [0.717, 1.165) is 22.5 Å². The lowest BCUT2D eigenvalue weighted by atomic mass is 10.1. The molecule has 0 aliphatic rings. The van der Waals surface area contributed by atoms with E-state index >= 15 is 0 Å². The Morgan fingerprint density at radius 3 is 2.51 bits per heavy atom. The van der Waals surface area contributed by atoms with E-state index in [-0.39, 0.29) is 18.1 Å². The van der Waals surface area contributed by atoms with Gasteiger partial charge in [-0.1, -0.05) is 23.8 Å². The normalized spacial score (nSPS) is 10.9. The van der Waals surface area contributed by atoms with Gasteiger partial charge in [-0.25, -0.2) is 4.39 Å². The molecule has 2 heterocycles. The van der Waals surface area contributed by atoms with Gasteiger partial charge in [-0.15, -0.1) is 0 Å². The van der Waals surface area contributed by atoms with Crippen molar-refractivity contribution in [2.75, 3.05) is 0 Å². The van der Waals surface area contributed by atoms with Gasteiger partial charge in [-0.2, -0.15) is 5.10 Å². The molecule has 0 saturated carbocycles. The number of aryl methyl sites for hydroxylation is 2. The highest BCUT2D eigenvalue weighted by atomic mass is 32.1. The summed E-state index contributed by atoms with van der Waals surface area (Å²) < 4.78 is 17.3. The highest BCUT2D eigenvalue weighted by Gasteiger charge is 2.18. The Hall–Kier alpha value is -4.05. The number of nitrogens with one attached hydrogen (secondary N) is 3. The fourth-order valence-electron chi connectivity index (χ4n) is 3.98. The number of aromatic nitrogens is 4. The van der Waals surface area contributed by atoms with Crippen molar-refractivity contribution in [3.63, 3.8) is 0 Å². The van der Waals surface area contributed by atoms with Gasteiger partial charge >= 0.3 is 0 Å². The van der Waals surface area contributed by atoms with Crippen molar-refractivity contribution in [1.29, 1.82) is 0 Å². The Bertz CT molecular complexity index is 1450. The van der Waals surface area contributed by atoms with Crippen LogP contribution in [0.1, 0.15) is 33.7 Å². The summed E-state index contributed by atoms with van der Waals surface area (Å²) in [5.41, 5.74) is 9.54. The van der Waals surface area contributed by atoms with Crippen LogP contribution in [0.15, 0.2) is 54.6 Å². The summed E-state index contributed by atoms with van der Waals surface area (Å²) in [6.07, 6.45) is 0.0849. The van der Waals surface area contributed by atoms with Crippen LogP contribution in [0, 0.1) is 31.4 Å². The largest absolute Gasteiger partial charge is 0.318 e. The molecule has 0 unspecified atom stereocenters. The van der Waals surface area contributed by atoms with Gasteiger partial charge in [-0.05, 0) is 69.4 Å². The SMILES string of the molecule is Cc1cccc(-c2n[nH]c(=S)n2CCC(=O)NNC(=O)c2cc(C)n(-c3ccc(F)cc3)c2C)c1. The first-order valence-corrected chi connectivity index (χ1v) is 11.4. The van der Waals surface area contributed by atoms with Crippen molar-refractivity contribution < 1.29 is 14.0 Å². The van der Waals surface area contributed by atoms with E-state index in [1.54, 1.807) is 29.7 Å². The lowest BCUT2D eigenvalue weighted by Gasteiger charge is -2.11. The summed E-state index contributed by atoms with van der Waals surface area (Å²) in [5.74, 6) is -0.507. The standard InChI is InChI=1S/C25H25FN6O2S/c1-15-5-4-6-18(13-15)23-28-30-25(35)31(23)12-11-22(33)27-29-24(34)21-14-16(2)32(17(21)3)20-9-7-19(26)8-10-20/h4-10,13-14H,11-12H2,1-3H3,(H,27,33)(H,29,34)(H,30,35). The van der Waals surface area contributed by atoms with Gasteiger partial charge in [0.1, 0.15) is 5.82 Å². The fourth-order valence-corrected chi connectivity index (χ4v) is 4.20. The monoisotopic (exact) mass is 492 g/mol. The number of benzene rings is 2. The molecule has 35 heavy (non-hydrogen) atoms. The van der Waals surface area contributed by atoms with E-state index in [9.17, 15) is 14.0 Å². The Kier molecular flexibility index (Phi) is 6.92. The predicted molar refractivity (Wildman–Crippen MR) is 133 cm³/mol. The molecule has 8 nitrogen and oxygen atoms in total. The highest BCUT2D eigenvalue weighted by Crippen LogP contribution is 2.21. The Morgan fingerprint density at radius 1 is 1.06 bits per heavy atom. The highest BCUT2D eigenvalue weighted by molar-refractivity contribution is 7.71. The maximum Gasteiger partial charge on any atom is 0.271 e. The first-order chi connectivity index (χ1) is 16.7. The summed E-state index contributed by atoms with van der Waals surface area (Å²) in [7, 11) is 0. The molecule has 2 aromatic heterocycles. The molecule has 0 aliphatic carbocycles. The number of aromatic amines is 1. The van der Waals surface area contributed by atoms with Crippen LogP contribution in [0.5, 0.6) is 0 Å². The summed E-state index contributed by atoms with van der Waals surface area (Å²) in [6.45, 7) is 5.92. The Morgan fingerprint density at radius 2 is 1.80 bits per heavy atom. The molecule has 4 rings (SSSR count). The third kappa shape index (κ3) is 5.22. The maximum absolute atomic E-state index is 13.3. The number of carbonyl (C=O) groups is 2. The van der Waals surface area contributed by atoms with Crippen molar-refractivity contribution in [2.24, 2.45) is 0 Å². The lowest BCUT2D eigenvalue weighted by molar-refractivity contribution is -0.122. The van der Waals surface area contributed by atoms with E-state index in [1.165, 1.54) is 12.1 Å². The molecule has 0 fully saturated rings. The minimum atomic E-state index is -0.444. The van der Waals surface area contributed by atoms with Gasteiger partial charge in [0.05, 0.1) is 5.56 Å². The van der Waals surface area contributed by atoms with E-state index in [0.29, 0.717) is 28.4 Å². The molecular weight excluding hydrogens is 467 g/mol. The number of H-pyrrole nitrogens is 1. The number of amides is 2. The second-order valence-corrected chi connectivity index (χ2v) is 8.61. The zero-order chi connectivity index (χ0) is 25.1. The van der Waals surface area contributed by atoms with E-state index in [4.69, 9.17) is 12.2 Å². The number of hydrogen-bond donors (Lipinski definition) is 3. The minimum Gasteiger partial charge on any atom is -0.318 e. The predicted octanol–water partition coefficient (Wildman–Crippen LogP) is 4.31. The number of halogens is 1. The van der Waals surface area contributed by atoms with Gasteiger partial charge in [0.25, 0.3) is 5.91 Å². The zero-order valence-electron chi connectivity index (χ0n) is 19.6. The summed E-state index contributed by atoms with van der Waals surface area (Å²) in [5, 5.41) is 7.06. The van der Waals surface area contributed by atoms with Gasteiger partial charge in [0.15, 0.2) is 10.6 Å². The lowest BCUT2D eigenvalue weighted by Crippen LogP contribution is -2.42. The number of nitrogens with zero attached hydrogens (tertiary/aromatic N) is 3. The van der Waals surface area contributed by atoms with Crippen molar-refractivity contribution in [1.82, 2.24) is 30.2 Å². The van der Waals surface area contributed by atoms with Crippen LogP contribution in [0.3, 0.4) is 0 Å². The Balaban J connectivity index is 1.39. The van der Waals surface area contributed by atoms with Crippen molar-refractivity contribution in [3.8, 4) is 17.1 Å². The molecule has 0 bridgehead atoms. The van der Waals surface area contributed by atoms with Gasteiger partial charge in [-0.3, -0.25) is 30.1 Å². The van der Waals surface area contributed by atoms with Crippen LogP contribution in [-0.4, -0.2) is 31.1 Å². The molecule has 0 saturated heterocycles. The minimum absolute atomic E-state index is 0.0849. The summed E-state index contributed by atoms with van der Waals surface area (Å²) in [4.78, 5) is 25.2. The van der Waals surface area contributed by atoms with Crippen molar-refractivity contribution in [3.05, 3.63) is 87.7 Å². The van der Waals surface area contributed by atoms with Gasteiger partial charge in [0.2, 0.25) is 5.91 Å². The van der Waals surface area contributed by atoms with Crippen molar-refractivity contribution >= 4 is 24.0 Å². The van der Waals surface area contributed by atoms with E-state index in [2.05, 4.69) is 21.0 Å². The van der Waals surface area contributed by atoms with E-state index in [1.807, 2.05) is 42.7 Å². The van der Waals surface area contributed by atoms with Crippen LogP contribution in [-0.2, 0) is 11.3 Å². The van der Waals surface area contributed by atoms with Crippen LogP contribution in [0.2, 0.25) is 0 Å². The third-order valence-corrected chi connectivity index (χ3v) is 5.98. The van der Waals surface area contributed by atoms with Crippen LogP contribution >= 0.6 is 12.2 Å². The molecule has 3 N–H and O–H groups in total. The average molecular weight is 493 g/mol. The quantitative estimate of drug-likeness (QED) is 0.276. The molecule has 0 radical (unpaired) electrons. The summed E-state index contributed by atoms with van der Waals surface area (Å²) in [6, 6.07) is 15.6. The molecule has 4 aromatic rings. The molecule has 2 aromatic carbocycles. The number of carbonyl (C=O) groups excluding carboxylic acids is 2. The molecule has 2 amide bonds. The Labute approximate surface area is 206 Å². The second-order valence-electron chi connectivity index (χ2n) is 8.22. The van der Waals surface area contributed by atoms with Crippen molar-refractivity contribution in [2.45, 2.75) is 33.7 Å². The molecule has 10 heteroatoms. The average Bonchev–Trinajstić information content (AvgIpc) is 3.35. The first kappa shape index (κ1) is 24.1. The third-order valence-electron chi connectivity index (χ3n) is 5.67. The number of hydrogen-bond acceptors (Lipinski definition) is 4. The molecule has 0 atom stereocenters. The van der Waals surface area contributed by atoms with Crippen LogP contribution in [0.25, 0.3) is 17.1 Å². The molecule has 180 valence electrons. The van der Waals surface area contributed by atoms with E-state index < -0.39 is 5.91 Å². The van der Waals surface area contributed by atoms with Crippen LogP contribution < -0.4 is 10.9 Å². The van der Waals surface area contributed by atoms with Crippen LogP contribution in [0.4, 0.5) is 4.39 Å². The first-order valence-electron chi connectivity index (χ1n) is 11.0. The fraction of sp³-hybridized carbons (Fsp3) is 0.200. The topological polar surface area (TPSA) is 96.7 Å².